The molecule has 3 aromatic carbocycles. The van der Waals surface area contributed by atoms with Crippen LogP contribution in [0.3, 0.4) is 0 Å². The summed E-state index contributed by atoms with van der Waals surface area (Å²) in [5.41, 5.74) is 17.0. The molecule has 0 saturated heterocycles. The molecule has 27 heavy (non-hydrogen) atoms. The molecule has 3 aromatic rings. The van der Waals surface area contributed by atoms with Crippen molar-refractivity contribution in [3.05, 3.63) is 89.0 Å². The van der Waals surface area contributed by atoms with E-state index in [0.717, 1.165) is 17.7 Å². The highest BCUT2D eigenvalue weighted by molar-refractivity contribution is 5.86. The summed E-state index contributed by atoms with van der Waals surface area (Å²) in [5.74, 6) is 0.263. The van der Waals surface area contributed by atoms with E-state index in [1.165, 1.54) is 27.8 Å². The summed E-state index contributed by atoms with van der Waals surface area (Å²) in [6.45, 7) is 2.04. The molecule has 0 aliphatic heterocycles. The summed E-state index contributed by atoms with van der Waals surface area (Å²) in [6.07, 6.45) is 2.73. The van der Waals surface area contributed by atoms with E-state index >= 15 is 0 Å². The number of hydrazone groups is 1. The number of nitrogens with one attached hydrogen (secondary N) is 1. The number of nitrogens with two attached hydrogens (primary N) is 1. The molecule has 4 rings (SSSR count). The number of guanidine groups is 1. The Kier molecular flexibility index (Phi) is 5.57. The zero-order chi connectivity index (χ0) is 17.9. The molecule has 1 aliphatic carbocycles. The van der Waals surface area contributed by atoms with Crippen LogP contribution >= 0.6 is 12.4 Å². The van der Waals surface area contributed by atoms with Gasteiger partial charge in [-0.3, -0.25) is 0 Å². The van der Waals surface area contributed by atoms with Crippen LogP contribution in [0, 0.1) is 6.92 Å². The van der Waals surface area contributed by atoms with Gasteiger partial charge in [-0.05, 0) is 59.4 Å². The zero-order valence-corrected chi connectivity index (χ0v) is 15.8. The van der Waals surface area contributed by atoms with Crippen molar-refractivity contribution >= 4 is 30.3 Å². The van der Waals surface area contributed by atoms with Crippen LogP contribution in [0.1, 0.15) is 22.3 Å². The Morgan fingerprint density at radius 3 is 2.52 bits per heavy atom. The van der Waals surface area contributed by atoms with Crippen LogP contribution in [0.15, 0.2) is 76.8 Å². The van der Waals surface area contributed by atoms with Crippen LogP contribution in [-0.4, -0.2) is 12.2 Å². The lowest BCUT2D eigenvalue weighted by molar-refractivity contribution is 1.01. The number of aryl methyl sites for hydroxylation is 1. The van der Waals surface area contributed by atoms with Crippen LogP contribution in [0.5, 0.6) is 0 Å². The van der Waals surface area contributed by atoms with Gasteiger partial charge in [0.1, 0.15) is 0 Å². The second kappa shape index (κ2) is 8.06. The smallest absolute Gasteiger partial charge is 0.214 e. The molecule has 0 radical (unpaired) electrons. The average Bonchev–Trinajstić information content (AvgIpc) is 3.01. The first-order valence-electron chi connectivity index (χ1n) is 8.60. The highest BCUT2D eigenvalue weighted by Gasteiger charge is 2.17. The summed E-state index contributed by atoms with van der Waals surface area (Å²) in [7, 11) is 0. The van der Waals surface area contributed by atoms with Gasteiger partial charge in [0.2, 0.25) is 5.96 Å². The van der Waals surface area contributed by atoms with Crippen LogP contribution in [0.25, 0.3) is 11.1 Å². The minimum Gasteiger partial charge on any atom is -0.368 e. The molecule has 0 unspecified atom stereocenters. The fourth-order valence-electron chi connectivity index (χ4n) is 3.20. The van der Waals surface area contributed by atoms with Crippen LogP contribution in [-0.2, 0) is 6.42 Å². The molecule has 3 N–H and O–H groups in total. The van der Waals surface area contributed by atoms with E-state index in [2.05, 4.69) is 58.0 Å². The summed E-state index contributed by atoms with van der Waals surface area (Å²) in [6, 6.07) is 22.8. The number of aliphatic imine (C=N–C) groups is 1. The minimum absolute atomic E-state index is 0. The molecule has 1 aliphatic rings. The maximum absolute atomic E-state index is 5.88. The Hall–Kier alpha value is -3.11. The fourth-order valence-corrected chi connectivity index (χ4v) is 3.20. The summed E-state index contributed by atoms with van der Waals surface area (Å²) < 4.78 is 0. The Labute approximate surface area is 165 Å². The highest BCUT2D eigenvalue weighted by Crippen LogP contribution is 2.36. The van der Waals surface area contributed by atoms with E-state index in [-0.39, 0.29) is 18.4 Å². The molecular weight excluding hydrogens is 356 g/mol. The number of fused-ring (bicyclic) bond motifs is 3. The van der Waals surface area contributed by atoms with Gasteiger partial charge in [0, 0.05) is 0 Å². The highest BCUT2D eigenvalue weighted by atomic mass is 35.5. The lowest BCUT2D eigenvalue weighted by Crippen LogP contribution is -2.26. The summed E-state index contributed by atoms with van der Waals surface area (Å²) >= 11 is 0. The van der Waals surface area contributed by atoms with E-state index in [1.54, 1.807) is 6.21 Å². The number of nitrogens with zero attached hydrogens (tertiary/aromatic N) is 2. The molecule has 0 spiro atoms. The van der Waals surface area contributed by atoms with Gasteiger partial charge < -0.3 is 5.73 Å². The van der Waals surface area contributed by atoms with Crippen LogP contribution in [0.4, 0.5) is 5.69 Å². The molecule has 0 fully saturated rings. The fraction of sp³-hybridized carbons (Fsp3) is 0.0909. The first kappa shape index (κ1) is 18.7. The third-order valence-electron chi connectivity index (χ3n) is 4.49. The maximum atomic E-state index is 5.88. The van der Waals surface area contributed by atoms with Crippen molar-refractivity contribution in [3.8, 4) is 11.1 Å². The predicted molar refractivity (Wildman–Crippen MR) is 115 cm³/mol. The molecule has 136 valence electrons. The van der Waals surface area contributed by atoms with Crippen molar-refractivity contribution in [2.24, 2.45) is 15.8 Å². The minimum atomic E-state index is 0. The van der Waals surface area contributed by atoms with E-state index in [1.807, 2.05) is 31.2 Å². The standard InChI is InChI=1S/C22H20N4.ClH/c1-15-6-9-19(10-7-15)25-22(23)26-24-14-16-8-11-21-18(12-16)13-17-4-2-3-5-20(17)21;/h2-12,14H,13H2,1H3,(H3,23,25,26);1H. The first-order valence-corrected chi connectivity index (χ1v) is 8.60. The van der Waals surface area contributed by atoms with Crippen molar-refractivity contribution in [3.63, 3.8) is 0 Å². The third-order valence-corrected chi connectivity index (χ3v) is 4.49. The Balaban J connectivity index is 0.00000210. The van der Waals surface area contributed by atoms with Gasteiger partial charge in [0.25, 0.3) is 0 Å². The van der Waals surface area contributed by atoms with Gasteiger partial charge in [-0.2, -0.15) is 5.10 Å². The van der Waals surface area contributed by atoms with Gasteiger partial charge in [-0.25, -0.2) is 10.4 Å². The van der Waals surface area contributed by atoms with Crippen LogP contribution in [0.2, 0.25) is 0 Å². The number of hydrogen-bond donors (Lipinski definition) is 2. The van der Waals surface area contributed by atoms with Gasteiger partial charge >= 0.3 is 0 Å². The Bertz CT molecular complexity index is 1010. The van der Waals surface area contributed by atoms with Gasteiger partial charge in [-0.15, -0.1) is 12.4 Å². The average molecular weight is 377 g/mol. The topological polar surface area (TPSA) is 62.8 Å². The molecule has 0 aromatic heterocycles. The number of benzene rings is 3. The van der Waals surface area contributed by atoms with Gasteiger partial charge in [-0.1, -0.05) is 54.1 Å². The van der Waals surface area contributed by atoms with E-state index in [4.69, 9.17) is 5.73 Å². The van der Waals surface area contributed by atoms with Crippen LogP contribution < -0.4 is 11.2 Å². The summed E-state index contributed by atoms with van der Waals surface area (Å²) in [4.78, 5) is 4.29. The molecule has 0 bridgehead atoms. The molecule has 0 atom stereocenters. The maximum Gasteiger partial charge on any atom is 0.214 e. The molecule has 0 saturated carbocycles. The molecule has 4 nitrogen and oxygen atoms in total. The Morgan fingerprint density at radius 1 is 0.963 bits per heavy atom. The molecule has 5 heteroatoms. The van der Waals surface area contributed by atoms with Crippen molar-refractivity contribution in [1.29, 1.82) is 0 Å². The number of halogens is 1. The second-order valence-electron chi connectivity index (χ2n) is 6.45. The van der Waals surface area contributed by atoms with Crippen molar-refractivity contribution in [1.82, 2.24) is 5.43 Å². The van der Waals surface area contributed by atoms with E-state index in [0.29, 0.717) is 0 Å². The lowest BCUT2D eigenvalue weighted by atomic mass is 10.0. The lowest BCUT2D eigenvalue weighted by Gasteiger charge is -2.02. The normalized spacial score (nSPS) is 12.4. The van der Waals surface area contributed by atoms with Crippen molar-refractivity contribution in [2.75, 3.05) is 0 Å². The number of rotatable bonds is 3. The summed E-state index contributed by atoms with van der Waals surface area (Å²) in [5, 5.41) is 4.20. The largest absolute Gasteiger partial charge is 0.368 e. The zero-order valence-electron chi connectivity index (χ0n) is 15.0. The van der Waals surface area contributed by atoms with Gasteiger partial charge in [0.15, 0.2) is 0 Å². The van der Waals surface area contributed by atoms with E-state index < -0.39 is 0 Å². The predicted octanol–water partition coefficient (Wildman–Crippen LogP) is 4.56. The van der Waals surface area contributed by atoms with Gasteiger partial charge in [0.05, 0.1) is 11.9 Å². The van der Waals surface area contributed by atoms with Crippen molar-refractivity contribution in [2.45, 2.75) is 13.3 Å². The third kappa shape index (κ3) is 4.18. The molecule has 0 amide bonds. The molecule has 0 heterocycles. The SMILES string of the molecule is Cc1ccc(N=C(N)NN=Cc2ccc3c(c2)Cc2ccccc2-3)cc1.Cl. The van der Waals surface area contributed by atoms with Crippen molar-refractivity contribution < 1.29 is 0 Å². The number of hydrogen-bond acceptors (Lipinski definition) is 2. The molecular formula is C22H21ClN4. The monoisotopic (exact) mass is 376 g/mol. The second-order valence-corrected chi connectivity index (χ2v) is 6.45. The Morgan fingerprint density at radius 2 is 1.70 bits per heavy atom. The van der Waals surface area contributed by atoms with E-state index in [9.17, 15) is 0 Å². The quantitative estimate of drug-likeness (QED) is 0.313. The first-order chi connectivity index (χ1) is 12.7.